The number of rotatable bonds is 14. The minimum absolute atomic E-state index is 0.421. The average molecular weight is 669 g/mol. The molecule has 0 spiro atoms. The van der Waals surface area contributed by atoms with Gasteiger partial charge in [-0.25, -0.2) is 0 Å². The molecule has 240 valence electrons. The zero-order valence-electron chi connectivity index (χ0n) is 26.4. The second-order valence-electron chi connectivity index (χ2n) is 11.2. The molecule has 0 amide bonds. The lowest BCUT2D eigenvalue weighted by Gasteiger charge is -2.16. The van der Waals surface area contributed by atoms with Crippen LogP contribution in [-0.4, -0.2) is 0 Å². The van der Waals surface area contributed by atoms with Gasteiger partial charge in [-0.15, -0.1) is 25.3 Å². The van der Waals surface area contributed by atoms with E-state index in [0.717, 1.165) is 33.4 Å². The van der Waals surface area contributed by atoms with Crippen molar-refractivity contribution >= 4 is 35.1 Å². The highest BCUT2D eigenvalue weighted by molar-refractivity contribution is 7.96. The quantitative estimate of drug-likeness (QED) is 0.0895. The molecule has 0 aliphatic rings. The van der Waals surface area contributed by atoms with E-state index < -0.39 is 0 Å². The predicted molar refractivity (Wildman–Crippen MR) is 201 cm³/mol. The summed E-state index contributed by atoms with van der Waals surface area (Å²) in [6.07, 6.45) is 0. The van der Waals surface area contributed by atoms with Gasteiger partial charge in [0.05, 0.1) is 0 Å². The van der Waals surface area contributed by atoms with E-state index in [1.165, 1.54) is 0 Å². The molecule has 0 unspecified atom stereocenters. The van der Waals surface area contributed by atoms with Crippen LogP contribution in [0.5, 0.6) is 23.0 Å². The van der Waals surface area contributed by atoms with Crippen molar-refractivity contribution in [3.05, 3.63) is 191 Å². The smallest absolute Gasteiger partial charge is 0.124 e. The molecule has 0 N–H and O–H groups in total. The fraction of sp³-hybridized carbons (Fsp3) is 0.0952. The lowest BCUT2D eigenvalue weighted by Crippen LogP contribution is -2.00. The van der Waals surface area contributed by atoms with Crippen molar-refractivity contribution in [1.82, 2.24) is 0 Å². The predicted octanol–water partition coefficient (Wildman–Crippen LogP) is 10.7. The van der Waals surface area contributed by atoms with Crippen molar-refractivity contribution in [2.45, 2.75) is 26.4 Å². The van der Waals surface area contributed by atoms with E-state index in [1.54, 1.807) is 0 Å². The summed E-state index contributed by atoms with van der Waals surface area (Å²) < 4.78 is 25.0. The second kappa shape index (κ2) is 16.7. The first-order chi connectivity index (χ1) is 23.6. The summed E-state index contributed by atoms with van der Waals surface area (Å²) in [5.74, 6) is 2.66. The van der Waals surface area contributed by atoms with Crippen LogP contribution in [0.1, 0.15) is 33.4 Å². The van der Waals surface area contributed by atoms with Crippen LogP contribution in [0.15, 0.2) is 158 Å². The molecule has 48 heavy (non-hydrogen) atoms. The van der Waals surface area contributed by atoms with Crippen LogP contribution < -0.4 is 18.9 Å². The van der Waals surface area contributed by atoms with Gasteiger partial charge in [0.1, 0.15) is 49.4 Å². The lowest BCUT2D eigenvalue weighted by atomic mass is 10.1. The highest BCUT2D eigenvalue weighted by Gasteiger charge is 2.13. The summed E-state index contributed by atoms with van der Waals surface area (Å²) in [5.41, 5.74) is 5.89. The number of hydrogen-bond donors (Lipinski definition) is 2. The Labute approximate surface area is 293 Å². The third-order valence-electron chi connectivity index (χ3n) is 7.52. The maximum absolute atomic E-state index is 6.25. The van der Waals surface area contributed by atoms with Crippen LogP contribution in [0.3, 0.4) is 0 Å². The molecule has 0 radical (unpaired) electrons. The number of benzene rings is 6. The van der Waals surface area contributed by atoms with E-state index >= 15 is 0 Å². The van der Waals surface area contributed by atoms with Gasteiger partial charge in [-0.05, 0) is 57.6 Å². The van der Waals surface area contributed by atoms with E-state index in [9.17, 15) is 0 Å². The fourth-order valence-corrected chi connectivity index (χ4v) is 5.50. The lowest BCUT2D eigenvalue weighted by molar-refractivity contribution is 0.289. The summed E-state index contributed by atoms with van der Waals surface area (Å²) in [6, 6.07) is 51.9. The Kier molecular flexibility index (Phi) is 11.4. The minimum Gasteiger partial charge on any atom is -0.489 e. The molecule has 4 nitrogen and oxygen atoms in total. The Morgan fingerprint density at radius 1 is 0.333 bits per heavy atom. The van der Waals surface area contributed by atoms with E-state index in [-0.39, 0.29) is 0 Å². The van der Waals surface area contributed by atoms with Gasteiger partial charge in [0.2, 0.25) is 0 Å². The molecule has 0 aromatic heterocycles. The van der Waals surface area contributed by atoms with Gasteiger partial charge in [-0.1, -0.05) is 121 Å². The number of hydrogen-bond acceptors (Lipinski definition) is 6. The van der Waals surface area contributed by atoms with E-state index in [0.29, 0.717) is 59.2 Å². The van der Waals surface area contributed by atoms with Crippen molar-refractivity contribution in [3.63, 3.8) is 0 Å². The van der Waals surface area contributed by atoms with E-state index in [2.05, 4.69) is 0 Å². The van der Waals surface area contributed by atoms with Gasteiger partial charge in [-0.2, -0.15) is 0 Å². The Balaban J connectivity index is 1.31. The van der Waals surface area contributed by atoms with Gasteiger partial charge in [0.15, 0.2) is 0 Å². The Bertz CT molecular complexity index is 1660. The van der Waals surface area contributed by atoms with Gasteiger partial charge < -0.3 is 18.9 Å². The molecule has 0 heterocycles. The molecule has 0 saturated carbocycles. The SMILES string of the molecule is S/C(=C(/S)c1cc(OCc2ccccc2)cc(OCc2ccccc2)c1)c1cc(OCc2ccccc2)cc(OCc2ccccc2)c1. The summed E-state index contributed by atoms with van der Waals surface area (Å²) in [5, 5.41) is 0. The maximum atomic E-state index is 6.25. The third-order valence-corrected chi connectivity index (χ3v) is 8.66. The van der Waals surface area contributed by atoms with Crippen LogP contribution in [0.25, 0.3) is 9.81 Å². The van der Waals surface area contributed by atoms with Crippen molar-refractivity contribution < 1.29 is 18.9 Å². The summed E-state index contributed by atoms with van der Waals surface area (Å²) >= 11 is 9.99. The van der Waals surface area contributed by atoms with Crippen molar-refractivity contribution in [1.29, 1.82) is 0 Å². The Hall–Kier alpha value is -5.04. The molecule has 6 heteroatoms. The third kappa shape index (κ3) is 9.50. The average Bonchev–Trinajstić information content (AvgIpc) is 3.15. The Morgan fingerprint density at radius 3 is 0.792 bits per heavy atom. The molecule has 0 saturated heterocycles. The van der Waals surface area contributed by atoms with Crippen molar-refractivity contribution in [3.8, 4) is 23.0 Å². The first kappa shape index (κ1) is 32.9. The van der Waals surface area contributed by atoms with Gasteiger partial charge >= 0.3 is 0 Å². The van der Waals surface area contributed by atoms with Gasteiger partial charge in [-0.3, -0.25) is 0 Å². The molecule has 0 aliphatic carbocycles. The normalized spacial score (nSPS) is 11.4. The van der Waals surface area contributed by atoms with Gasteiger partial charge in [0, 0.05) is 21.9 Å². The summed E-state index contributed by atoms with van der Waals surface area (Å²) in [6.45, 7) is 1.69. The standard InChI is InChI=1S/C42H36O4S2/c47-41(35-21-37(43-27-31-13-5-1-6-14-31)25-38(22-35)44-28-32-15-7-2-8-16-32)42(48)36-23-39(45-29-33-17-9-3-10-18-33)26-40(24-36)46-30-34-19-11-4-12-20-34/h1-26,47-48H,27-30H2/b42-41+. The first-order valence-electron chi connectivity index (χ1n) is 15.7. The molecule has 0 atom stereocenters. The van der Waals surface area contributed by atoms with E-state index in [4.69, 9.17) is 44.2 Å². The zero-order chi connectivity index (χ0) is 33.0. The topological polar surface area (TPSA) is 36.9 Å². The molecular formula is C42H36O4S2. The largest absolute Gasteiger partial charge is 0.489 e. The summed E-state index contributed by atoms with van der Waals surface area (Å²) in [4.78, 5) is 1.31. The van der Waals surface area contributed by atoms with Crippen LogP contribution in [-0.2, 0) is 26.4 Å². The molecule has 6 aromatic carbocycles. The summed E-state index contributed by atoms with van der Waals surface area (Å²) in [7, 11) is 0. The first-order valence-corrected chi connectivity index (χ1v) is 16.6. The van der Waals surface area contributed by atoms with Crippen molar-refractivity contribution in [2.75, 3.05) is 0 Å². The molecule has 0 fully saturated rings. The van der Waals surface area contributed by atoms with Gasteiger partial charge in [0.25, 0.3) is 0 Å². The van der Waals surface area contributed by atoms with Crippen LogP contribution in [0.2, 0.25) is 0 Å². The number of thiol groups is 2. The molecule has 6 rings (SSSR count). The zero-order valence-corrected chi connectivity index (χ0v) is 28.2. The highest BCUT2D eigenvalue weighted by Crippen LogP contribution is 2.39. The molecular weight excluding hydrogens is 633 g/mol. The molecule has 0 aliphatic heterocycles. The second-order valence-corrected chi connectivity index (χ2v) is 12.1. The monoisotopic (exact) mass is 668 g/mol. The van der Waals surface area contributed by atoms with Crippen molar-refractivity contribution in [2.24, 2.45) is 0 Å². The van der Waals surface area contributed by atoms with Crippen LogP contribution in [0.4, 0.5) is 0 Å². The minimum atomic E-state index is 0.421. The highest BCUT2D eigenvalue weighted by atomic mass is 32.1. The maximum Gasteiger partial charge on any atom is 0.124 e. The van der Waals surface area contributed by atoms with Crippen LogP contribution in [0, 0.1) is 0 Å². The molecule has 0 bridgehead atoms. The molecule has 6 aromatic rings. The number of ether oxygens (including phenoxy) is 4. The Morgan fingerprint density at radius 2 is 0.562 bits per heavy atom. The van der Waals surface area contributed by atoms with Crippen LogP contribution >= 0.6 is 25.3 Å². The van der Waals surface area contributed by atoms with E-state index in [1.807, 2.05) is 158 Å². The fourth-order valence-electron chi connectivity index (χ4n) is 4.99.